The van der Waals surface area contributed by atoms with E-state index in [9.17, 15) is 4.79 Å². The molecular formula is C26H30N4O3S. The maximum absolute atomic E-state index is 13.1. The van der Waals surface area contributed by atoms with Gasteiger partial charge in [-0.15, -0.1) is 5.10 Å². The molecule has 1 atom stereocenters. The Kier molecular flexibility index (Phi) is 7.57. The largest absolute Gasteiger partial charge is 0.489 e. The summed E-state index contributed by atoms with van der Waals surface area (Å²) >= 11 is 1.60. The third kappa shape index (κ3) is 5.44. The van der Waals surface area contributed by atoms with Crippen LogP contribution in [0.5, 0.6) is 5.75 Å². The molecule has 8 heteroatoms. The Balaban J connectivity index is 1.64. The molecule has 1 aromatic heterocycles. The molecule has 2 heterocycles. The lowest BCUT2D eigenvalue weighted by Crippen LogP contribution is -2.30. The minimum atomic E-state index is -0.450. The number of allylic oxidation sites excluding steroid dienone is 1. The number of thioether (sulfide) groups is 1. The van der Waals surface area contributed by atoms with Crippen molar-refractivity contribution in [2.24, 2.45) is 0 Å². The predicted molar refractivity (Wildman–Crippen MR) is 134 cm³/mol. The smallest absolute Gasteiger partial charge is 0.338 e. The van der Waals surface area contributed by atoms with Crippen LogP contribution in [0.1, 0.15) is 51.3 Å². The van der Waals surface area contributed by atoms with E-state index in [0.717, 1.165) is 29.1 Å². The van der Waals surface area contributed by atoms with E-state index >= 15 is 0 Å². The van der Waals surface area contributed by atoms with E-state index in [-0.39, 0.29) is 12.1 Å². The zero-order valence-corrected chi connectivity index (χ0v) is 20.8. The number of carbonyl (C=O) groups excluding carboxylic acids is 1. The normalized spacial score (nSPS) is 15.1. The van der Waals surface area contributed by atoms with Crippen LogP contribution in [-0.2, 0) is 16.1 Å². The lowest BCUT2D eigenvalue weighted by molar-refractivity contribution is -0.143. The molecule has 0 radical (unpaired) electrons. The Morgan fingerprint density at radius 1 is 1.15 bits per heavy atom. The van der Waals surface area contributed by atoms with Crippen LogP contribution in [0.25, 0.3) is 0 Å². The summed E-state index contributed by atoms with van der Waals surface area (Å²) in [5.41, 5.74) is 3.25. The number of hydrogen-bond acceptors (Lipinski definition) is 7. The van der Waals surface area contributed by atoms with Crippen molar-refractivity contribution in [1.29, 1.82) is 0 Å². The highest BCUT2D eigenvalue weighted by Crippen LogP contribution is 2.37. The molecule has 3 aromatic rings. The van der Waals surface area contributed by atoms with Crippen LogP contribution >= 0.6 is 11.8 Å². The minimum absolute atomic E-state index is 0.227. The lowest BCUT2D eigenvalue weighted by atomic mass is 9.95. The first-order chi connectivity index (χ1) is 16.5. The van der Waals surface area contributed by atoms with Gasteiger partial charge >= 0.3 is 5.97 Å². The SMILES string of the molecule is CCCSc1nc2n(n1)C(c1ccc(OCc3ccccc3)cc1)C(C(=O)OC(C)C)=C(C)N2. The van der Waals surface area contributed by atoms with Crippen LogP contribution in [0.2, 0.25) is 0 Å². The van der Waals surface area contributed by atoms with Crippen molar-refractivity contribution in [2.75, 3.05) is 11.1 Å². The molecule has 0 fully saturated rings. The Labute approximate surface area is 204 Å². The molecule has 1 unspecified atom stereocenters. The van der Waals surface area contributed by atoms with Crippen molar-refractivity contribution >= 4 is 23.7 Å². The number of aromatic nitrogens is 3. The highest BCUT2D eigenvalue weighted by atomic mass is 32.2. The summed E-state index contributed by atoms with van der Waals surface area (Å²) in [6.07, 6.45) is 0.800. The molecular weight excluding hydrogens is 448 g/mol. The Morgan fingerprint density at radius 2 is 1.88 bits per heavy atom. The fraction of sp³-hybridized carbons (Fsp3) is 0.346. The third-order valence-corrected chi connectivity index (χ3v) is 6.32. The zero-order chi connectivity index (χ0) is 24.1. The second-order valence-corrected chi connectivity index (χ2v) is 9.44. The van der Waals surface area contributed by atoms with Gasteiger partial charge in [0.05, 0.1) is 11.7 Å². The lowest BCUT2D eigenvalue weighted by Gasteiger charge is -2.28. The summed E-state index contributed by atoms with van der Waals surface area (Å²) in [5, 5.41) is 8.65. The van der Waals surface area contributed by atoms with Crippen LogP contribution in [0.3, 0.4) is 0 Å². The molecule has 0 spiro atoms. The molecule has 34 heavy (non-hydrogen) atoms. The van der Waals surface area contributed by atoms with Gasteiger partial charge in [0, 0.05) is 11.4 Å². The quantitative estimate of drug-likeness (QED) is 0.317. The maximum Gasteiger partial charge on any atom is 0.338 e. The van der Waals surface area contributed by atoms with E-state index in [2.05, 4.69) is 17.2 Å². The fourth-order valence-electron chi connectivity index (χ4n) is 3.72. The van der Waals surface area contributed by atoms with Gasteiger partial charge in [0.2, 0.25) is 11.1 Å². The van der Waals surface area contributed by atoms with Crippen molar-refractivity contribution < 1.29 is 14.3 Å². The number of benzene rings is 2. The van der Waals surface area contributed by atoms with Crippen molar-refractivity contribution in [3.8, 4) is 5.75 Å². The number of nitrogens with zero attached hydrogens (tertiary/aromatic N) is 3. The summed E-state index contributed by atoms with van der Waals surface area (Å²) in [6.45, 7) is 8.18. The number of esters is 1. The summed E-state index contributed by atoms with van der Waals surface area (Å²) in [4.78, 5) is 17.7. The Bertz CT molecular complexity index is 1160. The second kappa shape index (κ2) is 10.8. The first-order valence-electron chi connectivity index (χ1n) is 11.5. The van der Waals surface area contributed by atoms with Gasteiger partial charge < -0.3 is 14.8 Å². The predicted octanol–water partition coefficient (Wildman–Crippen LogP) is 5.60. The van der Waals surface area contributed by atoms with Crippen LogP contribution in [0, 0.1) is 0 Å². The van der Waals surface area contributed by atoms with Crippen LogP contribution in [0.4, 0.5) is 5.95 Å². The first-order valence-corrected chi connectivity index (χ1v) is 12.5. The van der Waals surface area contributed by atoms with Gasteiger partial charge in [-0.25, -0.2) is 9.48 Å². The maximum atomic E-state index is 13.1. The number of anilines is 1. The number of fused-ring (bicyclic) bond motifs is 1. The monoisotopic (exact) mass is 478 g/mol. The van der Waals surface area contributed by atoms with E-state index in [4.69, 9.17) is 14.6 Å². The Morgan fingerprint density at radius 3 is 2.56 bits per heavy atom. The molecule has 0 amide bonds. The summed E-state index contributed by atoms with van der Waals surface area (Å²) in [6, 6.07) is 17.4. The number of nitrogens with one attached hydrogen (secondary N) is 1. The van der Waals surface area contributed by atoms with Crippen LogP contribution in [-0.4, -0.2) is 32.6 Å². The highest BCUT2D eigenvalue weighted by Gasteiger charge is 2.35. The van der Waals surface area contributed by atoms with Crippen molar-refractivity contribution in [3.05, 3.63) is 77.0 Å². The van der Waals surface area contributed by atoms with Gasteiger partial charge in [0.1, 0.15) is 18.4 Å². The third-order valence-electron chi connectivity index (χ3n) is 5.28. The van der Waals surface area contributed by atoms with Crippen molar-refractivity contribution in [3.63, 3.8) is 0 Å². The topological polar surface area (TPSA) is 78.3 Å². The molecule has 0 aliphatic carbocycles. The molecule has 2 aromatic carbocycles. The van der Waals surface area contributed by atoms with Gasteiger partial charge in [0.25, 0.3) is 0 Å². The van der Waals surface area contributed by atoms with E-state index in [1.54, 1.807) is 16.4 Å². The summed E-state index contributed by atoms with van der Waals surface area (Å²) < 4.78 is 13.3. The molecule has 0 bridgehead atoms. The van der Waals surface area contributed by atoms with Gasteiger partial charge in [-0.3, -0.25) is 0 Å². The Hall–Kier alpha value is -3.26. The van der Waals surface area contributed by atoms with Crippen LogP contribution in [0.15, 0.2) is 71.0 Å². The fourth-order valence-corrected chi connectivity index (χ4v) is 4.41. The number of rotatable bonds is 9. The van der Waals surface area contributed by atoms with Gasteiger partial charge in [0.15, 0.2) is 0 Å². The molecule has 178 valence electrons. The van der Waals surface area contributed by atoms with E-state index in [1.165, 1.54) is 0 Å². The van der Waals surface area contributed by atoms with Gasteiger partial charge in [-0.2, -0.15) is 4.98 Å². The van der Waals surface area contributed by atoms with E-state index in [1.807, 2.05) is 75.4 Å². The molecule has 0 saturated carbocycles. The first kappa shape index (κ1) is 23.9. The molecule has 7 nitrogen and oxygen atoms in total. The summed E-state index contributed by atoms with van der Waals surface area (Å²) in [5.74, 6) is 1.94. The van der Waals surface area contributed by atoms with E-state index in [0.29, 0.717) is 29.0 Å². The van der Waals surface area contributed by atoms with Gasteiger partial charge in [-0.1, -0.05) is 61.2 Å². The number of ether oxygens (including phenoxy) is 2. The zero-order valence-electron chi connectivity index (χ0n) is 19.9. The van der Waals surface area contributed by atoms with Crippen molar-refractivity contribution in [2.45, 2.75) is 58.0 Å². The molecule has 1 N–H and O–H groups in total. The molecule has 1 aliphatic heterocycles. The standard InChI is InChI=1S/C26H30N4O3S/c1-5-15-34-26-28-25-27-18(4)22(24(31)33-17(2)3)23(30(25)29-26)20-11-13-21(14-12-20)32-16-19-9-7-6-8-10-19/h6-14,17,23H,5,15-16H2,1-4H3,(H,27,28,29). The van der Waals surface area contributed by atoms with Gasteiger partial charge in [-0.05, 0) is 50.5 Å². The molecule has 1 aliphatic rings. The number of hydrogen-bond donors (Lipinski definition) is 1. The van der Waals surface area contributed by atoms with Crippen molar-refractivity contribution in [1.82, 2.24) is 14.8 Å². The average Bonchev–Trinajstić information content (AvgIpc) is 3.23. The molecule has 0 saturated heterocycles. The average molecular weight is 479 g/mol. The second-order valence-electron chi connectivity index (χ2n) is 8.37. The summed E-state index contributed by atoms with van der Waals surface area (Å²) in [7, 11) is 0. The highest BCUT2D eigenvalue weighted by molar-refractivity contribution is 7.99. The number of carbonyl (C=O) groups is 1. The van der Waals surface area contributed by atoms with Crippen LogP contribution < -0.4 is 10.1 Å². The molecule has 4 rings (SSSR count). The van der Waals surface area contributed by atoms with E-state index < -0.39 is 6.04 Å². The minimum Gasteiger partial charge on any atom is -0.489 e.